The van der Waals surface area contributed by atoms with Gasteiger partial charge in [-0.3, -0.25) is 4.79 Å². The molecule has 1 fully saturated rings. The Morgan fingerprint density at radius 1 is 1.22 bits per heavy atom. The van der Waals surface area contributed by atoms with E-state index in [0.29, 0.717) is 28.5 Å². The lowest BCUT2D eigenvalue weighted by molar-refractivity contribution is -0.121. The third-order valence-corrected chi connectivity index (χ3v) is 6.05. The summed E-state index contributed by atoms with van der Waals surface area (Å²) in [6, 6.07) is 5.73. The zero-order chi connectivity index (χ0) is 18.8. The van der Waals surface area contributed by atoms with Gasteiger partial charge in [0.15, 0.2) is 11.5 Å². The minimum Gasteiger partial charge on any atom is -0.454 e. The molecular weight excluding hydrogens is 366 g/mol. The molecule has 0 saturated heterocycles. The van der Waals surface area contributed by atoms with E-state index in [2.05, 4.69) is 22.4 Å². The second-order valence-electron chi connectivity index (χ2n) is 7.08. The monoisotopic (exact) mass is 389 g/mol. The lowest BCUT2D eigenvalue weighted by Crippen LogP contribution is -2.44. The highest BCUT2D eigenvalue weighted by Gasteiger charge is 2.26. The zero-order valence-corrected chi connectivity index (χ0v) is 16.3. The second-order valence-corrected chi connectivity index (χ2v) is 8.37. The molecule has 27 heavy (non-hydrogen) atoms. The SMILES string of the molecule is C[C@@H]1CCCC[C@H]1NC(=O)[C@@H](C)Sc1nnc(-c2ccc3c(c2)OCO3)o1. The Kier molecular flexibility index (Phi) is 5.24. The van der Waals surface area contributed by atoms with Gasteiger partial charge in [0.25, 0.3) is 5.22 Å². The van der Waals surface area contributed by atoms with E-state index >= 15 is 0 Å². The average molecular weight is 389 g/mol. The Hall–Kier alpha value is -2.22. The smallest absolute Gasteiger partial charge is 0.277 e. The fraction of sp³-hybridized carbons (Fsp3) is 0.526. The van der Waals surface area contributed by atoms with Gasteiger partial charge in [0.1, 0.15) is 0 Å². The van der Waals surface area contributed by atoms with Crippen LogP contribution >= 0.6 is 11.8 Å². The average Bonchev–Trinajstić information content (AvgIpc) is 3.32. The van der Waals surface area contributed by atoms with Crippen LogP contribution in [0.4, 0.5) is 0 Å². The van der Waals surface area contributed by atoms with Gasteiger partial charge in [0, 0.05) is 11.6 Å². The van der Waals surface area contributed by atoms with E-state index in [1.54, 1.807) is 0 Å². The highest BCUT2D eigenvalue weighted by Crippen LogP contribution is 2.36. The zero-order valence-electron chi connectivity index (χ0n) is 15.4. The van der Waals surface area contributed by atoms with E-state index in [0.717, 1.165) is 12.0 Å². The van der Waals surface area contributed by atoms with Gasteiger partial charge in [-0.05, 0) is 43.9 Å². The molecule has 4 rings (SSSR count). The lowest BCUT2D eigenvalue weighted by atomic mass is 9.86. The highest BCUT2D eigenvalue weighted by atomic mass is 32.2. The summed E-state index contributed by atoms with van der Waals surface area (Å²) in [5.74, 6) is 2.30. The summed E-state index contributed by atoms with van der Waals surface area (Å²) < 4.78 is 16.4. The third kappa shape index (κ3) is 4.05. The van der Waals surface area contributed by atoms with Crippen LogP contribution in [0.25, 0.3) is 11.5 Å². The predicted octanol–water partition coefficient (Wildman–Crippen LogP) is 3.64. The fourth-order valence-electron chi connectivity index (χ4n) is 3.44. The summed E-state index contributed by atoms with van der Waals surface area (Å²) in [5.41, 5.74) is 0.756. The van der Waals surface area contributed by atoms with Crippen molar-refractivity contribution in [3.05, 3.63) is 18.2 Å². The van der Waals surface area contributed by atoms with Crippen molar-refractivity contribution in [1.82, 2.24) is 15.5 Å². The molecule has 2 heterocycles. The van der Waals surface area contributed by atoms with Gasteiger partial charge < -0.3 is 19.2 Å². The van der Waals surface area contributed by atoms with Crippen molar-refractivity contribution in [3.63, 3.8) is 0 Å². The van der Waals surface area contributed by atoms with Gasteiger partial charge in [-0.2, -0.15) is 0 Å². The molecule has 1 N–H and O–H groups in total. The van der Waals surface area contributed by atoms with Crippen LogP contribution in [0.5, 0.6) is 11.5 Å². The number of ether oxygens (including phenoxy) is 2. The van der Waals surface area contributed by atoms with E-state index in [1.165, 1.54) is 31.0 Å². The van der Waals surface area contributed by atoms with Crippen molar-refractivity contribution in [1.29, 1.82) is 0 Å². The first-order chi connectivity index (χ1) is 13.1. The Bertz CT molecular complexity index is 825. The molecule has 1 aromatic heterocycles. The van der Waals surface area contributed by atoms with Gasteiger partial charge in [0.05, 0.1) is 5.25 Å². The maximum Gasteiger partial charge on any atom is 0.277 e. The second kappa shape index (κ2) is 7.80. The van der Waals surface area contributed by atoms with Crippen LogP contribution in [0.2, 0.25) is 0 Å². The van der Waals surface area contributed by atoms with Crippen LogP contribution in [0.1, 0.15) is 39.5 Å². The Morgan fingerprint density at radius 2 is 2.04 bits per heavy atom. The molecule has 0 radical (unpaired) electrons. The summed E-state index contributed by atoms with van der Waals surface area (Å²) in [6.45, 7) is 4.28. The molecule has 1 aliphatic heterocycles. The number of nitrogens with zero attached hydrogens (tertiary/aromatic N) is 2. The minimum absolute atomic E-state index is 0.0154. The first-order valence-electron chi connectivity index (χ1n) is 9.30. The number of hydrogen-bond acceptors (Lipinski definition) is 7. The lowest BCUT2D eigenvalue weighted by Gasteiger charge is -2.30. The van der Waals surface area contributed by atoms with Crippen LogP contribution in [0, 0.1) is 5.92 Å². The van der Waals surface area contributed by atoms with Crippen LogP contribution in [-0.4, -0.2) is 34.2 Å². The topological polar surface area (TPSA) is 86.5 Å². The molecule has 3 atom stereocenters. The van der Waals surface area contributed by atoms with Crippen molar-refractivity contribution in [2.24, 2.45) is 5.92 Å². The third-order valence-electron chi connectivity index (χ3n) is 5.11. The number of benzene rings is 1. The number of amides is 1. The summed E-state index contributed by atoms with van der Waals surface area (Å²) in [5, 5.41) is 11.4. The quantitative estimate of drug-likeness (QED) is 0.781. The predicted molar refractivity (Wildman–Crippen MR) is 101 cm³/mol. The first kappa shape index (κ1) is 18.2. The molecule has 8 heteroatoms. The van der Waals surface area contributed by atoms with Crippen LogP contribution in [-0.2, 0) is 4.79 Å². The van der Waals surface area contributed by atoms with Gasteiger partial charge in [-0.25, -0.2) is 0 Å². The number of aromatic nitrogens is 2. The summed E-state index contributed by atoms with van der Waals surface area (Å²) >= 11 is 1.27. The normalized spacial score (nSPS) is 22.4. The molecule has 2 aromatic rings. The molecule has 2 aliphatic rings. The summed E-state index contributed by atoms with van der Waals surface area (Å²) in [6.07, 6.45) is 4.66. The number of nitrogens with one attached hydrogen (secondary N) is 1. The largest absolute Gasteiger partial charge is 0.454 e. The van der Waals surface area contributed by atoms with Gasteiger partial charge >= 0.3 is 0 Å². The van der Waals surface area contributed by atoms with Crippen molar-refractivity contribution in [2.45, 2.75) is 56.0 Å². The van der Waals surface area contributed by atoms with E-state index in [4.69, 9.17) is 13.9 Å². The van der Waals surface area contributed by atoms with E-state index in [1.807, 2.05) is 25.1 Å². The Morgan fingerprint density at radius 3 is 2.89 bits per heavy atom. The molecule has 7 nitrogen and oxygen atoms in total. The molecule has 1 amide bonds. The molecular formula is C19H23N3O4S. The molecule has 0 spiro atoms. The Balaban J connectivity index is 1.37. The maximum absolute atomic E-state index is 12.5. The number of hydrogen-bond donors (Lipinski definition) is 1. The van der Waals surface area contributed by atoms with Crippen molar-refractivity contribution in [2.75, 3.05) is 6.79 Å². The molecule has 0 unspecified atom stereocenters. The molecule has 144 valence electrons. The van der Waals surface area contributed by atoms with E-state index in [9.17, 15) is 4.79 Å². The number of carbonyl (C=O) groups excluding carboxylic acids is 1. The molecule has 0 bridgehead atoms. The highest BCUT2D eigenvalue weighted by molar-refractivity contribution is 8.00. The van der Waals surface area contributed by atoms with Crippen molar-refractivity contribution >= 4 is 17.7 Å². The summed E-state index contributed by atoms with van der Waals surface area (Å²) in [4.78, 5) is 12.5. The first-order valence-corrected chi connectivity index (χ1v) is 10.2. The number of rotatable bonds is 5. The van der Waals surface area contributed by atoms with Gasteiger partial charge in [-0.15, -0.1) is 10.2 Å². The van der Waals surface area contributed by atoms with Crippen LogP contribution < -0.4 is 14.8 Å². The molecule has 1 saturated carbocycles. The van der Waals surface area contributed by atoms with Gasteiger partial charge in [0.2, 0.25) is 18.6 Å². The summed E-state index contributed by atoms with van der Waals surface area (Å²) in [7, 11) is 0. The van der Waals surface area contributed by atoms with Crippen LogP contribution in [0.15, 0.2) is 27.8 Å². The number of carbonyl (C=O) groups is 1. The van der Waals surface area contributed by atoms with E-state index < -0.39 is 0 Å². The number of fused-ring (bicyclic) bond motifs is 1. The fourth-order valence-corrected chi connectivity index (χ4v) is 4.13. The molecule has 1 aliphatic carbocycles. The number of thioether (sulfide) groups is 1. The standard InChI is InChI=1S/C19H23N3O4S/c1-11-5-3-4-6-14(11)20-17(23)12(2)27-19-22-21-18(26-19)13-7-8-15-16(9-13)25-10-24-15/h7-9,11-12,14H,3-6,10H2,1-2H3,(H,20,23)/t11-,12-,14-/m1/s1. The van der Waals surface area contributed by atoms with Crippen molar-refractivity contribution < 1.29 is 18.7 Å². The minimum atomic E-state index is -0.302. The maximum atomic E-state index is 12.5. The van der Waals surface area contributed by atoms with Crippen LogP contribution in [0.3, 0.4) is 0 Å². The van der Waals surface area contributed by atoms with Crippen molar-refractivity contribution in [3.8, 4) is 23.0 Å². The Labute approximate surface area is 162 Å². The van der Waals surface area contributed by atoms with E-state index in [-0.39, 0.29) is 24.0 Å². The van der Waals surface area contributed by atoms with Gasteiger partial charge in [-0.1, -0.05) is 31.5 Å². The molecule has 1 aromatic carbocycles.